The van der Waals surface area contributed by atoms with E-state index in [1.54, 1.807) is 25.4 Å². The Balaban J connectivity index is 1.50. The smallest absolute Gasteiger partial charge is 0.144 e. The van der Waals surface area contributed by atoms with Crippen LogP contribution in [0.5, 0.6) is 5.75 Å². The lowest BCUT2D eigenvalue weighted by molar-refractivity contribution is -0.0190. The second-order valence-corrected chi connectivity index (χ2v) is 6.95. The fraction of sp³-hybridized carbons (Fsp3) is 0.286. The van der Waals surface area contributed by atoms with Gasteiger partial charge in [0.1, 0.15) is 48.3 Å². The molecular formula is C21H23N5O4. The van der Waals surface area contributed by atoms with Gasteiger partial charge in [0.15, 0.2) is 0 Å². The highest BCUT2D eigenvalue weighted by molar-refractivity contribution is 5.96. The minimum Gasteiger partial charge on any atom is -0.491 e. The molecule has 3 heterocycles. The molecule has 0 unspecified atom stereocenters. The summed E-state index contributed by atoms with van der Waals surface area (Å²) in [6, 6.07) is 12.8. The maximum atomic E-state index is 10.6. The Morgan fingerprint density at radius 2 is 2.10 bits per heavy atom. The van der Waals surface area contributed by atoms with Crippen LogP contribution in [0.25, 0.3) is 10.9 Å². The predicted octanol–water partition coefficient (Wildman–Crippen LogP) is 1.08. The Labute approximate surface area is 173 Å². The maximum absolute atomic E-state index is 10.6. The Morgan fingerprint density at radius 1 is 1.27 bits per heavy atom. The molecule has 1 aliphatic rings. The molecule has 0 radical (unpaired) electrons. The first-order valence-corrected chi connectivity index (χ1v) is 9.44. The van der Waals surface area contributed by atoms with E-state index in [0.29, 0.717) is 17.1 Å². The highest BCUT2D eigenvalue weighted by Crippen LogP contribution is 2.35. The maximum Gasteiger partial charge on any atom is 0.144 e. The van der Waals surface area contributed by atoms with Crippen molar-refractivity contribution in [3.8, 4) is 5.75 Å². The summed E-state index contributed by atoms with van der Waals surface area (Å²) >= 11 is 0. The minimum atomic E-state index is -1.17. The van der Waals surface area contributed by atoms with Crippen LogP contribution in [-0.4, -0.2) is 64.4 Å². The molecule has 3 aromatic rings. The first-order chi connectivity index (χ1) is 14.5. The summed E-state index contributed by atoms with van der Waals surface area (Å²) in [4.78, 5) is 8.25. The van der Waals surface area contributed by atoms with Gasteiger partial charge in [-0.25, -0.2) is 4.68 Å². The number of aliphatic hydroxyl groups excluding tert-OH is 2. The standard InChI is InChI=1S/C21H23N5O4/c1-23-21(22)16-8-7-15(26(16)24-2)20-19(28)18(27)17(30-20)11-29-13-6-5-12-4-3-9-25-14(12)10-13/h3-10,17-20,27-28H,2,11H2,1H3,(H2,22,23)/t17-,18-,19-,20+/m1/s1. The van der Waals surface area contributed by atoms with Gasteiger partial charge in [0.25, 0.3) is 0 Å². The lowest BCUT2D eigenvalue weighted by atomic mass is 10.1. The van der Waals surface area contributed by atoms with E-state index in [0.717, 1.165) is 10.9 Å². The van der Waals surface area contributed by atoms with E-state index < -0.39 is 24.4 Å². The zero-order valence-corrected chi connectivity index (χ0v) is 16.4. The van der Waals surface area contributed by atoms with Crippen LogP contribution < -0.4 is 10.5 Å². The monoisotopic (exact) mass is 409 g/mol. The fourth-order valence-corrected chi connectivity index (χ4v) is 3.57. The number of pyridine rings is 1. The third-order valence-corrected chi connectivity index (χ3v) is 5.18. The first kappa shape index (κ1) is 20.0. The molecule has 4 rings (SSSR count). The van der Waals surface area contributed by atoms with Crippen molar-refractivity contribution in [1.82, 2.24) is 9.66 Å². The van der Waals surface area contributed by atoms with Crippen molar-refractivity contribution in [2.45, 2.75) is 24.4 Å². The summed E-state index contributed by atoms with van der Waals surface area (Å²) in [5.41, 5.74) is 7.73. The highest BCUT2D eigenvalue weighted by atomic mass is 16.6. The van der Waals surface area contributed by atoms with Crippen LogP contribution in [0.2, 0.25) is 0 Å². The van der Waals surface area contributed by atoms with E-state index >= 15 is 0 Å². The number of nitrogens with two attached hydrogens (primary N) is 1. The van der Waals surface area contributed by atoms with Gasteiger partial charge in [-0.3, -0.25) is 9.98 Å². The molecule has 4 N–H and O–H groups in total. The lowest BCUT2D eigenvalue weighted by Crippen LogP contribution is -2.34. The Bertz CT molecular complexity index is 1100. The summed E-state index contributed by atoms with van der Waals surface area (Å²) in [6.45, 7) is 3.60. The van der Waals surface area contributed by atoms with Crippen molar-refractivity contribution in [3.05, 3.63) is 60.0 Å². The van der Waals surface area contributed by atoms with Gasteiger partial charge in [0, 0.05) is 31.4 Å². The van der Waals surface area contributed by atoms with Crippen LogP contribution in [0.15, 0.2) is 58.8 Å². The van der Waals surface area contributed by atoms with Gasteiger partial charge in [0.05, 0.1) is 11.2 Å². The van der Waals surface area contributed by atoms with Gasteiger partial charge in [-0.15, -0.1) is 0 Å². The van der Waals surface area contributed by atoms with Crippen LogP contribution >= 0.6 is 0 Å². The molecule has 0 amide bonds. The van der Waals surface area contributed by atoms with Gasteiger partial charge in [0.2, 0.25) is 0 Å². The number of aliphatic hydroxyl groups is 2. The number of rotatable bonds is 6. The Hall–Kier alpha value is -3.27. The zero-order valence-electron chi connectivity index (χ0n) is 16.4. The second kappa shape index (κ2) is 8.23. The van der Waals surface area contributed by atoms with E-state index in [1.165, 1.54) is 4.68 Å². The molecular weight excluding hydrogens is 386 g/mol. The first-order valence-electron chi connectivity index (χ1n) is 9.44. The summed E-state index contributed by atoms with van der Waals surface area (Å²) < 4.78 is 13.2. The largest absolute Gasteiger partial charge is 0.491 e. The van der Waals surface area contributed by atoms with Gasteiger partial charge in [-0.2, -0.15) is 5.10 Å². The number of amidine groups is 1. The van der Waals surface area contributed by atoms with E-state index in [2.05, 4.69) is 21.8 Å². The van der Waals surface area contributed by atoms with Gasteiger partial charge in [-0.1, -0.05) is 6.07 Å². The summed E-state index contributed by atoms with van der Waals surface area (Å²) in [6.07, 6.45) is -2.15. The topological polar surface area (TPSA) is 127 Å². The third kappa shape index (κ3) is 3.54. The molecule has 0 aliphatic carbocycles. The number of nitrogens with zero attached hydrogens (tertiary/aromatic N) is 4. The second-order valence-electron chi connectivity index (χ2n) is 6.95. The molecule has 1 aromatic carbocycles. The van der Waals surface area contributed by atoms with Crippen LogP contribution in [0.4, 0.5) is 0 Å². The lowest BCUT2D eigenvalue weighted by Gasteiger charge is -2.16. The predicted molar refractivity (Wildman–Crippen MR) is 113 cm³/mol. The molecule has 0 bridgehead atoms. The number of hydrogen-bond acceptors (Lipinski definition) is 7. The van der Waals surface area contributed by atoms with Crippen LogP contribution in [0, 0.1) is 0 Å². The molecule has 0 saturated carbocycles. The van der Waals surface area contributed by atoms with Crippen molar-refractivity contribution >= 4 is 23.5 Å². The van der Waals surface area contributed by atoms with Crippen molar-refractivity contribution in [1.29, 1.82) is 0 Å². The molecule has 0 spiro atoms. The van der Waals surface area contributed by atoms with E-state index in [-0.39, 0.29) is 12.4 Å². The number of aliphatic imine (C=N–C) groups is 1. The number of fused-ring (bicyclic) bond motifs is 1. The van der Waals surface area contributed by atoms with Crippen molar-refractivity contribution in [3.63, 3.8) is 0 Å². The number of ether oxygens (including phenoxy) is 2. The van der Waals surface area contributed by atoms with E-state index in [1.807, 2.05) is 30.3 Å². The van der Waals surface area contributed by atoms with E-state index in [4.69, 9.17) is 15.2 Å². The van der Waals surface area contributed by atoms with Crippen LogP contribution in [0.1, 0.15) is 17.5 Å². The van der Waals surface area contributed by atoms with Gasteiger partial charge >= 0.3 is 0 Å². The molecule has 156 valence electrons. The molecule has 1 fully saturated rings. The Morgan fingerprint density at radius 3 is 2.87 bits per heavy atom. The molecule has 2 aromatic heterocycles. The molecule has 1 saturated heterocycles. The number of benzene rings is 1. The molecule has 9 nitrogen and oxygen atoms in total. The average molecular weight is 409 g/mol. The molecule has 30 heavy (non-hydrogen) atoms. The Kier molecular flexibility index (Phi) is 5.49. The van der Waals surface area contributed by atoms with Crippen molar-refractivity contribution in [2.75, 3.05) is 13.7 Å². The molecule has 4 atom stereocenters. The summed E-state index contributed by atoms with van der Waals surface area (Å²) in [5.74, 6) is 0.867. The molecule has 1 aliphatic heterocycles. The van der Waals surface area contributed by atoms with Crippen LogP contribution in [-0.2, 0) is 4.74 Å². The number of hydrogen-bond donors (Lipinski definition) is 3. The number of aromatic nitrogens is 2. The van der Waals surface area contributed by atoms with Gasteiger partial charge < -0.3 is 25.4 Å². The zero-order chi connectivity index (χ0) is 21.3. The summed E-state index contributed by atoms with van der Waals surface area (Å²) in [7, 11) is 1.57. The van der Waals surface area contributed by atoms with Crippen molar-refractivity contribution in [2.24, 2.45) is 15.8 Å². The van der Waals surface area contributed by atoms with Crippen molar-refractivity contribution < 1.29 is 19.7 Å². The third-order valence-electron chi connectivity index (χ3n) is 5.18. The quantitative estimate of drug-likeness (QED) is 0.413. The minimum absolute atomic E-state index is 0.0563. The average Bonchev–Trinajstić information content (AvgIpc) is 3.32. The normalized spacial score (nSPS) is 24.3. The van der Waals surface area contributed by atoms with Gasteiger partial charge in [-0.05, 0) is 30.3 Å². The van der Waals surface area contributed by atoms with E-state index in [9.17, 15) is 10.2 Å². The highest BCUT2D eigenvalue weighted by Gasteiger charge is 2.45. The summed E-state index contributed by atoms with van der Waals surface area (Å²) in [5, 5.41) is 26.0. The fourth-order valence-electron chi connectivity index (χ4n) is 3.57. The van der Waals surface area contributed by atoms with Crippen LogP contribution in [0.3, 0.4) is 0 Å². The molecule has 9 heteroatoms. The SMILES string of the molecule is C=Nn1c(/C(N)=N\C)ccc1[C@@H]1O[C@H](COc2ccc3cccnc3c2)[C@@H](O)[C@H]1O.